The van der Waals surface area contributed by atoms with Crippen LogP contribution in [-0.4, -0.2) is 18.5 Å². The number of carbonyl (C=O) groups excluding carboxylic acids is 1. The summed E-state index contributed by atoms with van der Waals surface area (Å²) in [5, 5.41) is 3.26. The fourth-order valence-corrected chi connectivity index (χ4v) is 3.66. The lowest BCUT2D eigenvalue weighted by Crippen LogP contribution is -2.42. The van der Waals surface area contributed by atoms with Gasteiger partial charge in [-0.3, -0.25) is 4.79 Å². The number of carbonyl (C=O) groups is 1. The molecule has 2 saturated carbocycles. The molecular weight excluding hydrogens is 224 g/mol. The van der Waals surface area contributed by atoms with E-state index in [1.54, 1.807) is 0 Å². The van der Waals surface area contributed by atoms with Gasteiger partial charge in [0.15, 0.2) is 0 Å². The van der Waals surface area contributed by atoms with Gasteiger partial charge in [0.05, 0.1) is 0 Å². The average Bonchev–Trinajstić information content (AvgIpc) is 2.92. The van der Waals surface area contributed by atoms with Crippen molar-refractivity contribution in [1.82, 2.24) is 5.32 Å². The third-order valence-corrected chi connectivity index (χ3v) is 4.96. The van der Waals surface area contributed by atoms with Gasteiger partial charge >= 0.3 is 0 Å². The largest absolute Gasteiger partial charge is 0.353 e. The molecule has 1 amide bonds. The topological polar surface area (TPSA) is 55.1 Å². The van der Waals surface area contributed by atoms with Crippen molar-refractivity contribution in [2.24, 2.45) is 23.5 Å². The Kier molecular flexibility index (Phi) is 5.04. The standard InChI is InChI=1S/C15H28N2O/c1-11(13-6-2-3-7-13)17-15(18)14-8-4-5-12(9-14)10-16/h11-14H,2-10,16H2,1H3,(H,17,18). The molecule has 0 aromatic heterocycles. The van der Waals surface area contributed by atoms with E-state index in [0.717, 1.165) is 25.8 Å². The first-order chi connectivity index (χ1) is 8.70. The van der Waals surface area contributed by atoms with E-state index in [1.165, 1.54) is 32.1 Å². The van der Waals surface area contributed by atoms with E-state index in [2.05, 4.69) is 12.2 Å². The van der Waals surface area contributed by atoms with Gasteiger partial charge in [0.25, 0.3) is 0 Å². The summed E-state index contributed by atoms with van der Waals surface area (Å²) in [6.45, 7) is 2.92. The van der Waals surface area contributed by atoms with Crippen LogP contribution in [0.3, 0.4) is 0 Å². The van der Waals surface area contributed by atoms with Gasteiger partial charge in [-0.05, 0) is 57.4 Å². The van der Waals surface area contributed by atoms with Gasteiger partial charge in [0.2, 0.25) is 5.91 Å². The Bertz CT molecular complexity index is 274. The summed E-state index contributed by atoms with van der Waals surface area (Å²) >= 11 is 0. The lowest BCUT2D eigenvalue weighted by Gasteiger charge is -2.29. The first kappa shape index (κ1) is 13.9. The Labute approximate surface area is 111 Å². The van der Waals surface area contributed by atoms with Crippen molar-refractivity contribution >= 4 is 5.91 Å². The first-order valence-corrected chi connectivity index (χ1v) is 7.71. The summed E-state index contributed by atoms with van der Waals surface area (Å²) in [6.07, 6.45) is 9.68. The first-order valence-electron chi connectivity index (χ1n) is 7.71. The zero-order valence-corrected chi connectivity index (χ0v) is 11.7. The quantitative estimate of drug-likeness (QED) is 0.807. The molecule has 104 valence electrons. The van der Waals surface area contributed by atoms with Gasteiger partial charge in [-0.15, -0.1) is 0 Å². The Morgan fingerprint density at radius 3 is 2.61 bits per heavy atom. The van der Waals surface area contributed by atoms with Gasteiger partial charge in [0, 0.05) is 12.0 Å². The summed E-state index contributed by atoms with van der Waals surface area (Å²) in [7, 11) is 0. The minimum atomic E-state index is 0.219. The van der Waals surface area contributed by atoms with Crippen LogP contribution < -0.4 is 11.1 Å². The van der Waals surface area contributed by atoms with Crippen molar-refractivity contribution < 1.29 is 4.79 Å². The van der Waals surface area contributed by atoms with E-state index < -0.39 is 0 Å². The van der Waals surface area contributed by atoms with Gasteiger partial charge in [-0.2, -0.15) is 0 Å². The predicted molar refractivity (Wildman–Crippen MR) is 74.1 cm³/mol. The summed E-state index contributed by atoms with van der Waals surface area (Å²) in [4.78, 5) is 12.3. The van der Waals surface area contributed by atoms with Crippen molar-refractivity contribution in [2.45, 2.75) is 64.3 Å². The molecule has 3 heteroatoms. The zero-order chi connectivity index (χ0) is 13.0. The smallest absolute Gasteiger partial charge is 0.223 e. The van der Waals surface area contributed by atoms with Gasteiger partial charge in [-0.25, -0.2) is 0 Å². The van der Waals surface area contributed by atoms with Crippen molar-refractivity contribution in [3.8, 4) is 0 Å². The highest BCUT2D eigenvalue weighted by atomic mass is 16.1. The number of hydrogen-bond acceptors (Lipinski definition) is 2. The number of nitrogens with one attached hydrogen (secondary N) is 1. The van der Waals surface area contributed by atoms with E-state index in [1.807, 2.05) is 0 Å². The van der Waals surface area contributed by atoms with Crippen molar-refractivity contribution in [1.29, 1.82) is 0 Å². The van der Waals surface area contributed by atoms with E-state index in [-0.39, 0.29) is 11.8 Å². The van der Waals surface area contributed by atoms with Crippen LogP contribution in [-0.2, 0) is 4.79 Å². The highest BCUT2D eigenvalue weighted by Crippen LogP contribution is 2.30. The van der Waals surface area contributed by atoms with E-state index in [0.29, 0.717) is 17.9 Å². The molecule has 2 aliphatic rings. The molecule has 2 aliphatic carbocycles. The molecule has 0 aromatic rings. The predicted octanol–water partition coefficient (Wildman–Crippen LogP) is 2.45. The van der Waals surface area contributed by atoms with Gasteiger partial charge in [0.1, 0.15) is 0 Å². The average molecular weight is 252 g/mol. The van der Waals surface area contributed by atoms with Gasteiger partial charge in [-0.1, -0.05) is 19.3 Å². The molecule has 0 saturated heterocycles. The number of amides is 1. The van der Waals surface area contributed by atoms with Crippen LogP contribution in [0.5, 0.6) is 0 Å². The van der Waals surface area contributed by atoms with Crippen LogP contribution in [0, 0.1) is 17.8 Å². The summed E-state index contributed by atoms with van der Waals surface area (Å²) in [5.74, 6) is 1.78. The van der Waals surface area contributed by atoms with Crippen LogP contribution in [0.1, 0.15) is 58.3 Å². The second-order valence-electron chi connectivity index (χ2n) is 6.31. The molecule has 0 heterocycles. The van der Waals surface area contributed by atoms with E-state index >= 15 is 0 Å². The molecule has 0 aromatic carbocycles. The third kappa shape index (κ3) is 3.47. The SMILES string of the molecule is CC(NC(=O)C1CCCC(CN)C1)C1CCCC1. The summed E-state index contributed by atoms with van der Waals surface area (Å²) < 4.78 is 0. The van der Waals surface area contributed by atoms with Crippen LogP contribution in [0.4, 0.5) is 0 Å². The minimum absolute atomic E-state index is 0.219. The molecule has 2 rings (SSSR count). The highest BCUT2D eigenvalue weighted by molar-refractivity contribution is 5.79. The zero-order valence-electron chi connectivity index (χ0n) is 11.7. The molecular formula is C15H28N2O. The lowest BCUT2D eigenvalue weighted by atomic mass is 9.81. The maximum atomic E-state index is 12.3. The Morgan fingerprint density at radius 1 is 1.22 bits per heavy atom. The maximum absolute atomic E-state index is 12.3. The number of hydrogen-bond donors (Lipinski definition) is 2. The minimum Gasteiger partial charge on any atom is -0.353 e. The molecule has 3 N–H and O–H groups in total. The normalized spacial score (nSPS) is 31.2. The highest BCUT2D eigenvalue weighted by Gasteiger charge is 2.29. The van der Waals surface area contributed by atoms with Crippen LogP contribution in [0.15, 0.2) is 0 Å². The van der Waals surface area contributed by atoms with Crippen LogP contribution in [0.25, 0.3) is 0 Å². The number of nitrogens with two attached hydrogens (primary N) is 1. The second kappa shape index (κ2) is 6.55. The molecule has 3 unspecified atom stereocenters. The maximum Gasteiger partial charge on any atom is 0.223 e. The number of rotatable bonds is 4. The monoisotopic (exact) mass is 252 g/mol. The summed E-state index contributed by atoms with van der Waals surface area (Å²) in [6, 6.07) is 0.359. The molecule has 0 aliphatic heterocycles. The molecule has 0 bridgehead atoms. The fraction of sp³-hybridized carbons (Fsp3) is 0.933. The third-order valence-electron chi connectivity index (χ3n) is 4.96. The molecule has 3 nitrogen and oxygen atoms in total. The van der Waals surface area contributed by atoms with E-state index in [4.69, 9.17) is 5.73 Å². The molecule has 2 fully saturated rings. The van der Waals surface area contributed by atoms with Crippen molar-refractivity contribution in [3.05, 3.63) is 0 Å². The summed E-state index contributed by atoms with van der Waals surface area (Å²) in [5.41, 5.74) is 5.73. The second-order valence-corrected chi connectivity index (χ2v) is 6.31. The van der Waals surface area contributed by atoms with Crippen molar-refractivity contribution in [3.63, 3.8) is 0 Å². The van der Waals surface area contributed by atoms with E-state index in [9.17, 15) is 4.79 Å². The lowest BCUT2D eigenvalue weighted by molar-refractivity contribution is -0.127. The Balaban J connectivity index is 1.79. The van der Waals surface area contributed by atoms with Gasteiger partial charge < -0.3 is 11.1 Å². The Morgan fingerprint density at radius 2 is 1.94 bits per heavy atom. The van der Waals surface area contributed by atoms with Crippen LogP contribution in [0.2, 0.25) is 0 Å². The molecule has 0 spiro atoms. The van der Waals surface area contributed by atoms with Crippen molar-refractivity contribution in [2.75, 3.05) is 6.54 Å². The molecule has 18 heavy (non-hydrogen) atoms. The molecule has 3 atom stereocenters. The molecule has 0 radical (unpaired) electrons. The van der Waals surface area contributed by atoms with Crippen LogP contribution >= 0.6 is 0 Å². The fourth-order valence-electron chi connectivity index (χ4n) is 3.66. The Hall–Kier alpha value is -0.570.